The second-order valence-electron chi connectivity index (χ2n) is 7.83. The number of hydrogen-bond acceptors (Lipinski definition) is 6. The summed E-state index contributed by atoms with van der Waals surface area (Å²) in [7, 11) is 1.60. The highest BCUT2D eigenvalue weighted by atomic mass is 35.5. The van der Waals surface area contributed by atoms with Crippen molar-refractivity contribution in [2.24, 2.45) is 7.05 Å². The van der Waals surface area contributed by atoms with Gasteiger partial charge in [-0.25, -0.2) is 4.39 Å². The first-order chi connectivity index (χ1) is 15.6. The van der Waals surface area contributed by atoms with Crippen molar-refractivity contribution < 1.29 is 28.1 Å². The normalized spacial score (nSPS) is 18.6. The molecule has 10 nitrogen and oxygen atoms in total. The minimum Gasteiger partial charge on any atom is -0.593 e. The summed E-state index contributed by atoms with van der Waals surface area (Å²) in [4.78, 5) is 38.5. The van der Waals surface area contributed by atoms with Crippen LogP contribution in [0, 0.1) is 5.82 Å². The number of likely N-dealkylation sites (tertiary alicyclic amines) is 1. The third-order valence-corrected chi connectivity index (χ3v) is 6.90. The monoisotopic (exact) mass is 497 g/mol. The Balaban J connectivity index is 1.50. The summed E-state index contributed by atoms with van der Waals surface area (Å²) in [5.74, 6) is -2.41. The van der Waals surface area contributed by atoms with Gasteiger partial charge >= 0.3 is 11.8 Å². The maximum absolute atomic E-state index is 13.4. The van der Waals surface area contributed by atoms with E-state index in [1.54, 1.807) is 14.0 Å². The molecule has 1 atom stereocenters. The van der Waals surface area contributed by atoms with Crippen LogP contribution in [0.15, 0.2) is 29.3 Å². The molecule has 1 saturated heterocycles. The lowest BCUT2D eigenvalue weighted by Crippen LogP contribution is -2.74. The van der Waals surface area contributed by atoms with Gasteiger partial charge in [0.15, 0.2) is 5.69 Å². The largest absolute Gasteiger partial charge is 0.593 e. The van der Waals surface area contributed by atoms with E-state index < -0.39 is 40.4 Å². The average Bonchev–Trinajstić information content (AvgIpc) is 3.00. The fraction of sp³-hybridized carbons (Fsp3) is 0.350. The molecule has 3 amide bonds. The minimum absolute atomic E-state index is 0.0254. The Bertz CT molecular complexity index is 1140. The highest BCUT2D eigenvalue weighted by Gasteiger charge is 2.53. The van der Waals surface area contributed by atoms with Crippen molar-refractivity contribution in [3.05, 3.63) is 40.9 Å². The highest BCUT2D eigenvalue weighted by Crippen LogP contribution is 2.37. The molecule has 2 aliphatic rings. The van der Waals surface area contributed by atoms with Crippen molar-refractivity contribution in [3.8, 4) is 5.75 Å². The number of rotatable bonds is 3. The van der Waals surface area contributed by atoms with Crippen LogP contribution in [0.5, 0.6) is 5.75 Å². The quantitative estimate of drug-likeness (QED) is 0.425. The molecule has 1 aromatic heterocycles. The number of benzene rings is 1. The van der Waals surface area contributed by atoms with E-state index in [4.69, 9.17) is 16.3 Å². The van der Waals surface area contributed by atoms with Gasteiger partial charge in [0.1, 0.15) is 18.0 Å². The van der Waals surface area contributed by atoms with Gasteiger partial charge in [-0.05, 0) is 25.1 Å². The van der Waals surface area contributed by atoms with Crippen LogP contribution < -0.4 is 20.1 Å². The van der Waals surface area contributed by atoms with Gasteiger partial charge in [-0.3, -0.25) is 14.4 Å². The third-order valence-electron chi connectivity index (χ3n) is 5.30. The number of nitrogens with zero attached hydrogens (tertiary/aromatic N) is 2. The Morgan fingerprint density at radius 2 is 2.09 bits per heavy atom. The molecule has 0 bridgehead atoms. The number of amides is 3. The Morgan fingerprint density at radius 1 is 1.36 bits per heavy atom. The maximum atomic E-state index is 13.4. The molecule has 0 radical (unpaired) electrons. The van der Waals surface area contributed by atoms with E-state index in [1.807, 2.05) is 0 Å². The van der Waals surface area contributed by atoms with Crippen molar-refractivity contribution in [2.75, 3.05) is 31.6 Å². The summed E-state index contributed by atoms with van der Waals surface area (Å²) in [5.41, 5.74) is -0.424. The zero-order chi connectivity index (χ0) is 23.9. The smallest absolute Gasteiger partial charge is 0.312 e. The Kier molecular flexibility index (Phi) is 6.27. The Labute approximate surface area is 196 Å². The van der Waals surface area contributed by atoms with Crippen molar-refractivity contribution in [3.63, 3.8) is 0 Å². The average molecular weight is 498 g/mol. The lowest BCUT2D eigenvalue weighted by Gasteiger charge is -2.47. The zero-order valence-electron chi connectivity index (χ0n) is 17.7. The molecule has 3 N–H and O–H groups in total. The molecule has 3 heterocycles. The van der Waals surface area contributed by atoms with Gasteiger partial charge < -0.3 is 29.4 Å². The molecule has 0 aliphatic carbocycles. The van der Waals surface area contributed by atoms with Gasteiger partial charge in [-0.15, -0.1) is 4.72 Å². The van der Waals surface area contributed by atoms with E-state index in [-0.39, 0.29) is 46.7 Å². The number of aryl methyl sites for hydroxylation is 1. The van der Waals surface area contributed by atoms with Crippen LogP contribution in [-0.2, 0) is 28.0 Å². The number of aromatic nitrogens is 1. The number of hydrogen-bond donors (Lipinski definition) is 3. The van der Waals surface area contributed by atoms with E-state index in [0.717, 1.165) is 6.07 Å². The summed E-state index contributed by atoms with van der Waals surface area (Å²) in [6.45, 7) is 2.32. The maximum Gasteiger partial charge on any atom is 0.312 e. The number of carbonyl (C=O) groups excluding carboxylic acids is 3. The Morgan fingerprint density at radius 3 is 2.76 bits per heavy atom. The first-order valence-corrected chi connectivity index (χ1v) is 11.5. The van der Waals surface area contributed by atoms with Crippen LogP contribution in [0.25, 0.3) is 0 Å². The van der Waals surface area contributed by atoms with E-state index >= 15 is 0 Å². The first-order valence-electron chi connectivity index (χ1n) is 9.99. The molecule has 176 valence electrons. The fourth-order valence-electron chi connectivity index (χ4n) is 3.73. The van der Waals surface area contributed by atoms with Gasteiger partial charge in [0, 0.05) is 32.4 Å². The third kappa shape index (κ3) is 4.38. The lowest BCUT2D eigenvalue weighted by molar-refractivity contribution is -0.151. The van der Waals surface area contributed by atoms with E-state index in [9.17, 15) is 23.3 Å². The van der Waals surface area contributed by atoms with Crippen LogP contribution in [0.2, 0.25) is 5.02 Å². The predicted octanol–water partition coefficient (Wildman–Crippen LogP) is 0.792. The SMILES string of the molecule is CCNC(=O)C(=O)N1CC2(COc3c(cn(C)c3C(=O)Nc3ccc(F)c(Cl)c3)[S+]([O-])N2)C1. The molecule has 1 fully saturated rings. The summed E-state index contributed by atoms with van der Waals surface area (Å²) >= 11 is 4.04. The summed E-state index contributed by atoms with van der Waals surface area (Å²) in [5, 5.41) is 4.94. The molecule has 1 aromatic carbocycles. The van der Waals surface area contributed by atoms with Crippen molar-refractivity contribution >= 4 is 46.4 Å². The number of carbonyl (C=O) groups is 3. The molecule has 13 heteroatoms. The van der Waals surface area contributed by atoms with Crippen LogP contribution in [0.1, 0.15) is 17.4 Å². The van der Waals surface area contributed by atoms with E-state index in [0.29, 0.717) is 6.54 Å². The summed E-state index contributed by atoms with van der Waals surface area (Å²) < 4.78 is 36.7. The van der Waals surface area contributed by atoms with E-state index in [2.05, 4.69) is 15.4 Å². The number of nitrogens with one attached hydrogen (secondary N) is 3. The van der Waals surface area contributed by atoms with Crippen molar-refractivity contribution in [1.29, 1.82) is 0 Å². The van der Waals surface area contributed by atoms with Gasteiger partial charge in [0.25, 0.3) is 5.91 Å². The zero-order valence-corrected chi connectivity index (χ0v) is 19.3. The number of halogens is 2. The number of ether oxygens (including phenoxy) is 1. The van der Waals surface area contributed by atoms with Crippen molar-refractivity contribution in [1.82, 2.24) is 19.5 Å². The van der Waals surface area contributed by atoms with Gasteiger partial charge in [-0.1, -0.05) is 11.6 Å². The lowest BCUT2D eigenvalue weighted by atomic mass is 9.92. The van der Waals surface area contributed by atoms with Crippen molar-refractivity contribution in [2.45, 2.75) is 17.4 Å². The predicted molar refractivity (Wildman–Crippen MR) is 118 cm³/mol. The van der Waals surface area contributed by atoms with Crippen LogP contribution >= 0.6 is 11.6 Å². The molecular formula is C20H21ClFN5O5S. The van der Waals surface area contributed by atoms with Crippen LogP contribution in [0.4, 0.5) is 10.1 Å². The second-order valence-corrected chi connectivity index (χ2v) is 9.41. The summed E-state index contributed by atoms with van der Waals surface area (Å²) in [6.07, 6.45) is 1.51. The topological polar surface area (TPSA) is 128 Å². The van der Waals surface area contributed by atoms with Gasteiger partial charge in [0.2, 0.25) is 10.6 Å². The molecule has 4 rings (SSSR count). The van der Waals surface area contributed by atoms with Gasteiger partial charge in [0.05, 0.1) is 22.6 Å². The second kappa shape index (κ2) is 8.86. The molecule has 2 aliphatic heterocycles. The van der Waals surface area contributed by atoms with Gasteiger partial charge in [-0.2, -0.15) is 0 Å². The summed E-state index contributed by atoms with van der Waals surface area (Å²) in [6, 6.07) is 3.78. The molecule has 1 spiro atoms. The highest BCUT2D eigenvalue weighted by molar-refractivity contribution is 7.89. The fourth-order valence-corrected chi connectivity index (χ4v) is 5.18. The number of likely N-dealkylation sites (N-methyl/N-ethyl adjacent to an activating group) is 1. The standard InChI is InChI=1S/C20H21ClFN5O5S/c1-3-23-18(29)19(30)27-8-20(9-27)10-32-16-14(33(31)25-20)7-26(2)15(16)17(28)24-11-4-5-13(22)12(21)6-11/h4-7,25H,3,8-10H2,1-2H3,(H,23,29)(H,24,28). The number of fused-ring (bicyclic) bond motifs is 1. The molecule has 1 unspecified atom stereocenters. The molecule has 2 aromatic rings. The minimum atomic E-state index is -1.74. The number of anilines is 1. The van der Waals surface area contributed by atoms with Crippen LogP contribution in [-0.4, -0.2) is 63.5 Å². The van der Waals surface area contributed by atoms with E-state index in [1.165, 1.54) is 27.8 Å². The first kappa shape index (κ1) is 23.4. The Hall–Kier alpha value is -2.80. The molecular weight excluding hydrogens is 477 g/mol. The molecule has 0 saturated carbocycles. The van der Waals surface area contributed by atoms with Crippen LogP contribution in [0.3, 0.4) is 0 Å². The molecule has 33 heavy (non-hydrogen) atoms.